The first-order valence-electron chi connectivity index (χ1n) is 4.49. The quantitative estimate of drug-likeness (QED) is 0.707. The molecule has 0 spiro atoms. The molecule has 3 rings (SSSR count). The van der Waals surface area contributed by atoms with Gasteiger partial charge >= 0.3 is 0 Å². The van der Waals surface area contributed by atoms with Crippen LogP contribution < -0.4 is 0 Å². The van der Waals surface area contributed by atoms with Crippen molar-refractivity contribution in [3.8, 4) is 10.4 Å². The van der Waals surface area contributed by atoms with Crippen LogP contribution in [0.2, 0.25) is 0 Å². The molecule has 80 valence electrons. The van der Waals surface area contributed by atoms with Crippen molar-refractivity contribution in [3.05, 3.63) is 35.2 Å². The van der Waals surface area contributed by atoms with Crippen molar-refractivity contribution in [3.63, 3.8) is 0 Å². The highest BCUT2D eigenvalue weighted by Crippen LogP contribution is 2.33. The maximum Gasteiger partial charge on any atom is 0.177 e. The maximum atomic E-state index is 13.5. The Hall–Kier alpha value is -1.82. The molecule has 0 saturated heterocycles. The SMILES string of the molecule is Fc1csc(-c2cccc3n[nH]nc23)c1F. The van der Waals surface area contributed by atoms with Gasteiger partial charge in [0, 0.05) is 10.9 Å². The summed E-state index contributed by atoms with van der Waals surface area (Å²) in [5.41, 5.74) is 1.73. The molecule has 0 fully saturated rings. The van der Waals surface area contributed by atoms with Gasteiger partial charge in [-0.1, -0.05) is 12.1 Å². The summed E-state index contributed by atoms with van der Waals surface area (Å²) in [5, 5.41) is 11.4. The van der Waals surface area contributed by atoms with E-state index in [1.54, 1.807) is 18.2 Å². The van der Waals surface area contributed by atoms with Crippen LogP contribution in [0, 0.1) is 11.6 Å². The van der Waals surface area contributed by atoms with Crippen molar-refractivity contribution in [2.24, 2.45) is 0 Å². The van der Waals surface area contributed by atoms with Gasteiger partial charge < -0.3 is 0 Å². The summed E-state index contributed by atoms with van der Waals surface area (Å²) in [6.45, 7) is 0. The second-order valence-corrected chi connectivity index (χ2v) is 4.10. The van der Waals surface area contributed by atoms with Crippen LogP contribution in [-0.2, 0) is 0 Å². The molecule has 1 N–H and O–H groups in total. The van der Waals surface area contributed by atoms with E-state index in [1.165, 1.54) is 0 Å². The third kappa shape index (κ3) is 1.23. The van der Waals surface area contributed by atoms with Crippen molar-refractivity contribution in [1.29, 1.82) is 0 Å². The Morgan fingerprint density at radius 3 is 2.81 bits per heavy atom. The highest BCUT2D eigenvalue weighted by Gasteiger charge is 2.16. The summed E-state index contributed by atoms with van der Waals surface area (Å²) in [5.74, 6) is -1.67. The van der Waals surface area contributed by atoms with E-state index < -0.39 is 11.6 Å². The second kappa shape index (κ2) is 3.34. The number of hydrogen-bond donors (Lipinski definition) is 1. The Morgan fingerprint density at radius 1 is 1.19 bits per heavy atom. The van der Waals surface area contributed by atoms with Crippen molar-refractivity contribution in [1.82, 2.24) is 15.4 Å². The zero-order chi connectivity index (χ0) is 11.1. The van der Waals surface area contributed by atoms with Crippen LogP contribution in [0.15, 0.2) is 23.6 Å². The third-order valence-electron chi connectivity index (χ3n) is 2.28. The van der Waals surface area contributed by atoms with Crippen LogP contribution in [-0.4, -0.2) is 15.4 Å². The lowest BCUT2D eigenvalue weighted by molar-refractivity contribution is 0.518. The van der Waals surface area contributed by atoms with Gasteiger partial charge in [0.1, 0.15) is 11.0 Å². The Bertz CT molecular complexity index is 659. The van der Waals surface area contributed by atoms with E-state index in [2.05, 4.69) is 15.4 Å². The summed E-state index contributed by atoms with van der Waals surface area (Å²) in [6.07, 6.45) is 0. The van der Waals surface area contributed by atoms with Gasteiger partial charge in [-0.2, -0.15) is 15.4 Å². The van der Waals surface area contributed by atoms with E-state index >= 15 is 0 Å². The number of nitrogens with zero attached hydrogens (tertiary/aromatic N) is 2. The molecule has 0 aliphatic rings. The molecule has 0 aliphatic carbocycles. The van der Waals surface area contributed by atoms with E-state index in [9.17, 15) is 8.78 Å². The standard InChI is InChI=1S/C10H5F2N3S/c11-6-4-16-10(8(6)12)5-2-1-3-7-9(5)14-15-13-7/h1-4H,(H,13,14,15). The van der Waals surface area contributed by atoms with Gasteiger partial charge in [0.15, 0.2) is 11.6 Å². The molecule has 16 heavy (non-hydrogen) atoms. The molecule has 0 atom stereocenters. The lowest BCUT2D eigenvalue weighted by atomic mass is 10.1. The van der Waals surface area contributed by atoms with Gasteiger partial charge in [0.2, 0.25) is 0 Å². The summed E-state index contributed by atoms with van der Waals surface area (Å²) in [6, 6.07) is 5.18. The minimum atomic E-state index is -0.833. The molecule has 0 radical (unpaired) electrons. The predicted molar refractivity (Wildman–Crippen MR) is 57.1 cm³/mol. The Labute approximate surface area is 92.7 Å². The predicted octanol–water partition coefficient (Wildman–Crippen LogP) is 2.96. The van der Waals surface area contributed by atoms with Crippen molar-refractivity contribution in [2.45, 2.75) is 0 Å². The summed E-state index contributed by atoms with van der Waals surface area (Å²) < 4.78 is 26.4. The fourth-order valence-corrected chi connectivity index (χ4v) is 2.37. The van der Waals surface area contributed by atoms with Gasteiger partial charge in [0.05, 0.1) is 4.88 Å². The number of nitrogens with one attached hydrogen (secondary N) is 1. The van der Waals surface area contributed by atoms with Crippen LogP contribution in [0.5, 0.6) is 0 Å². The van der Waals surface area contributed by atoms with Gasteiger partial charge in [0.25, 0.3) is 0 Å². The van der Waals surface area contributed by atoms with Crippen molar-refractivity contribution in [2.75, 3.05) is 0 Å². The minimum absolute atomic E-state index is 0.247. The number of benzene rings is 1. The molecule has 2 heterocycles. The molecular formula is C10H5F2N3S. The van der Waals surface area contributed by atoms with Crippen molar-refractivity contribution >= 4 is 22.4 Å². The molecule has 3 nitrogen and oxygen atoms in total. The van der Waals surface area contributed by atoms with Crippen molar-refractivity contribution < 1.29 is 8.78 Å². The number of para-hydroxylation sites is 1. The normalized spacial score (nSPS) is 11.1. The molecule has 6 heteroatoms. The first-order valence-corrected chi connectivity index (χ1v) is 5.37. The Kier molecular flexibility index (Phi) is 1.97. The largest absolute Gasteiger partial charge is 0.203 e. The number of thiophene rings is 1. The van der Waals surface area contributed by atoms with Gasteiger partial charge in [-0.05, 0) is 6.07 Å². The van der Waals surface area contributed by atoms with Crippen LogP contribution in [0.25, 0.3) is 21.5 Å². The fourth-order valence-electron chi connectivity index (χ4n) is 1.56. The first-order chi connectivity index (χ1) is 7.77. The maximum absolute atomic E-state index is 13.5. The van der Waals surface area contributed by atoms with Gasteiger partial charge in [-0.25, -0.2) is 8.78 Å². The minimum Gasteiger partial charge on any atom is -0.203 e. The number of fused-ring (bicyclic) bond motifs is 1. The van der Waals surface area contributed by atoms with E-state index in [1.807, 2.05) is 0 Å². The smallest absolute Gasteiger partial charge is 0.177 e. The number of aromatic amines is 1. The van der Waals surface area contributed by atoms with Crippen LogP contribution in [0.4, 0.5) is 8.78 Å². The number of halogens is 2. The first kappa shape index (κ1) is 9.41. The molecule has 0 unspecified atom stereocenters. The molecular weight excluding hydrogens is 232 g/mol. The molecule has 2 aromatic heterocycles. The zero-order valence-electron chi connectivity index (χ0n) is 7.87. The average Bonchev–Trinajstić information content (AvgIpc) is 2.87. The number of aromatic nitrogens is 3. The highest BCUT2D eigenvalue weighted by molar-refractivity contribution is 7.13. The van der Waals surface area contributed by atoms with E-state index in [-0.39, 0.29) is 4.88 Å². The van der Waals surface area contributed by atoms with E-state index in [4.69, 9.17) is 0 Å². The molecule has 0 bridgehead atoms. The summed E-state index contributed by atoms with van der Waals surface area (Å²) in [7, 11) is 0. The molecule has 0 aliphatic heterocycles. The number of rotatable bonds is 1. The van der Waals surface area contributed by atoms with Gasteiger partial charge in [-0.15, -0.1) is 11.3 Å². The van der Waals surface area contributed by atoms with E-state index in [0.29, 0.717) is 16.6 Å². The van der Waals surface area contributed by atoms with Crippen LogP contribution in [0.1, 0.15) is 0 Å². The lowest BCUT2D eigenvalue weighted by Crippen LogP contribution is -1.82. The Balaban J connectivity index is 2.33. The number of hydrogen-bond acceptors (Lipinski definition) is 3. The Morgan fingerprint density at radius 2 is 2.06 bits per heavy atom. The van der Waals surface area contributed by atoms with Crippen LogP contribution >= 0.6 is 11.3 Å². The molecule has 0 amide bonds. The van der Waals surface area contributed by atoms with Crippen LogP contribution in [0.3, 0.4) is 0 Å². The monoisotopic (exact) mass is 237 g/mol. The highest BCUT2D eigenvalue weighted by atomic mass is 32.1. The molecule has 3 aromatic rings. The average molecular weight is 237 g/mol. The third-order valence-corrected chi connectivity index (χ3v) is 3.24. The van der Waals surface area contributed by atoms with Gasteiger partial charge in [-0.3, -0.25) is 0 Å². The summed E-state index contributed by atoms with van der Waals surface area (Å²) >= 11 is 1.02. The molecule has 0 saturated carbocycles. The topological polar surface area (TPSA) is 41.6 Å². The summed E-state index contributed by atoms with van der Waals surface area (Å²) in [4.78, 5) is 0.247. The fraction of sp³-hybridized carbons (Fsp3) is 0. The number of H-pyrrole nitrogens is 1. The molecule has 1 aromatic carbocycles. The second-order valence-electron chi connectivity index (χ2n) is 3.22. The lowest BCUT2D eigenvalue weighted by Gasteiger charge is -1.97. The van der Waals surface area contributed by atoms with E-state index in [0.717, 1.165) is 16.7 Å². The zero-order valence-corrected chi connectivity index (χ0v) is 8.68.